The van der Waals surface area contributed by atoms with E-state index in [-0.39, 0.29) is 98.6 Å². The summed E-state index contributed by atoms with van der Waals surface area (Å²) >= 11 is 0. The molecular weight excluding hydrogens is 1110 g/mol. The lowest BCUT2D eigenvalue weighted by molar-refractivity contribution is -0.378. The second-order valence-electron chi connectivity index (χ2n) is 32.5. The molecule has 0 radical (unpaired) electrons. The van der Waals surface area contributed by atoms with Gasteiger partial charge in [0.25, 0.3) is 0 Å². The SMILES string of the molecule is CN[C@@H]1Cc2c(cccc2CO)C#CCC[C@]23C[C@H]4C#CC[C@@H]5[C@@H]6C[C@@H]7C[C@@H]8Cc9cccc(c9)C[C@@H]9CC[C@H](C9)[C@H]9CC=C[C@@H]%10C[C@H]%11[C@@H](O8)[C@]7(C[C@]7(C=O)[C@@H]4[C@@](O)(C[C@H](C[C@@H]9%10)[C@]%117O)[C@@]2(O)C[C@@H]2C[C@@H]1[C@@H]1OC(=O)C=C1[C@@]23CO)[C@@H]6CC[C@@H]5c1ccccc1. The Kier molecular flexibility index (Phi) is 12.8. The van der Waals surface area contributed by atoms with Crippen LogP contribution in [-0.4, -0.2) is 92.6 Å². The third-order valence-electron chi connectivity index (χ3n) is 30.3. The van der Waals surface area contributed by atoms with Gasteiger partial charge in [-0.3, -0.25) is 0 Å². The largest absolute Gasteiger partial charge is 0.454 e. The molecule has 3 aromatic carbocycles. The molecule has 466 valence electrons. The first-order valence-corrected chi connectivity index (χ1v) is 35.3. The number of rotatable bonds is 5. The van der Waals surface area contributed by atoms with Gasteiger partial charge in [-0.1, -0.05) is 96.6 Å². The molecule has 13 aliphatic carbocycles. The summed E-state index contributed by atoms with van der Waals surface area (Å²) in [5, 5.41) is 74.7. The van der Waals surface area contributed by atoms with Crippen LogP contribution < -0.4 is 5.32 Å². The Morgan fingerprint density at radius 3 is 2.44 bits per heavy atom. The van der Waals surface area contributed by atoms with Crippen LogP contribution in [0, 0.1) is 134 Å². The first-order chi connectivity index (χ1) is 43.3. The Hall–Kier alpha value is -4.88. The summed E-state index contributed by atoms with van der Waals surface area (Å²) in [7, 11) is 1.94. The minimum atomic E-state index is -2.00. The minimum Gasteiger partial charge on any atom is -0.454 e. The van der Waals surface area contributed by atoms with Gasteiger partial charge in [0.1, 0.15) is 18.0 Å². The molecule has 10 fully saturated rings. The fraction of sp³-hybridized carbons (Fsp3) is 0.646. The lowest BCUT2D eigenvalue weighted by Crippen LogP contribution is -2.85. The number of allylic oxidation sites excluding steroid dienone is 2. The topological polar surface area (TPSA) is 166 Å². The molecule has 2 spiro atoms. The lowest BCUT2D eigenvalue weighted by atomic mass is 9.30. The normalized spacial score (nSPS) is 50.2. The van der Waals surface area contributed by atoms with Gasteiger partial charge in [0, 0.05) is 70.4 Å². The summed E-state index contributed by atoms with van der Waals surface area (Å²) in [5.41, 5.74) is -2.82. The molecule has 6 N–H and O–H groups in total. The highest BCUT2D eigenvalue weighted by Crippen LogP contribution is 2.85. The Labute approximate surface area is 525 Å². The zero-order chi connectivity index (χ0) is 60.2. The van der Waals surface area contributed by atoms with Crippen molar-refractivity contribution in [2.24, 2.45) is 110 Å². The molecule has 0 unspecified atom stereocenters. The number of aldehydes is 1. The van der Waals surface area contributed by atoms with Crippen molar-refractivity contribution in [3.63, 3.8) is 0 Å². The van der Waals surface area contributed by atoms with Crippen molar-refractivity contribution in [3.8, 4) is 23.7 Å². The molecule has 0 aromatic heterocycles. The summed E-state index contributed by atoms with van der Waals surface area (Å²) in [6.45, 7) is -0.532. The number of benzene rings is 3. The number of hydrogen-bond donors (Lipinski definition) is 6. The Morgan fingerprint density at radius 1 is 0.775 bits per heavy atom. The Balaban J connectivity index is 0.895. The molecule has 9 saturated carbocycles. The average Bonchev–Trinajstić information content (AvgIpc) is 1.58. The maximum Gasteiger partial charge on any atom is 0.331 e. The van der Waals surface area contributed by atoms with Crippen LogP contribution in [0.4, 0.5) is 0 Å². The van der Waals surface area contributed by atoms with Gasteiger partial charge in [-0.25, -0.2) is 4.79 Å². The number of esters is 1. The third kappa shape index (κ3) is 7.28. The van der Waals surface area contributed by atoms with E-state index in [1.54, 1.807) is 6.08 Å². The second-order valence-corrected chi connectivity index (χ2v) is 32.5. The van der Waals surface area contributed by atoms with E-state index in [2.05, 4.69) is 95.7 Å². The predicted molar refractivity (Wildman–Crippen MR) is 336 cm³/mol. The van der Waals surface area contributed by atoms with Crippen molar-refractivity contribution in [2.45, 2.75) is 189 Å². The predicted octanol–water partition coefficient (Wildman–Crippen LogP) is 10.2. The van der Waals surface area contributed by atoms with Crippen molar-refractivity contribution in [2.75, 3.05) is 13.7 Å². The third-order valence-corrected chi connectivity index (χ3v) is 30.3. The van der Waals surface area contributed by atoms with Crippen molar-refractivity contribution >= 4 is 12.3 Å². The van der Waals surface area contributed by atoms with Crippen molar-refractivity contribution in [1.82, 2.24) is 5.32 Å². The van der Waals surface area contributed by atoms with Gasteiger partial charge in [-0.15, -0.1) is 5.92 Å². The first-order valence-electron chi connectivity index (χ1n) is 35.3. The van der Waals surface area contributed by atoms with Crippen LogP contribution in [0.2, 0.25) is 0 Å². The molecule has 3 heterocycles. The molecule has 3 aliphatic heterocycles. The summed E-state index contributed by atoms with van der Waals surface area (Å²) < 4.78 is 14.8. The number of aliphatic hydroxyl groups is 5. The van der Waals surface area contributed by atoms with Crippen molar-refractivity contribution in [3.05, 3.63) is 130 Å². The quantitative estimate of drug-likeness (QED) is 0.0627. The van der Waals surface area contributed by atoms with Gasteiger partial charge in [0.2, 0.25) is 0 Å². The smallest absolute Gasteiger partial charge is 0.331 e. The van der Waals surface area contributed by atoms with Gasteiger partial charge in [-0.05, 0) is 240 Å². The molecule has 3 aromatic rings. The summed E-state index contributed by atoms with van der Waals surface area (Å²) in [6, 6.07) is 26.2. The summed E-state index contributed by atoms with van der Waals surface area (Å²) in [5.74, 6) is 14.3. The molecular formula is C79H91NO9. The second kappa shape index (κ2) is 20.1. The summed E-state index contributed by atoms with van der Waals surface area (Å²) in [4.78, 5) is 30.8. The summed E-state index contributed by atoms with van der Waals surface area (Å²) in [6.07, 6.45) is 21.4. The molecule has 19 rings (SSSR count). The maximum atomic E-state index is 16.4. The first kappa shape index (κ1) is 56.8. The number of ether oxygens (including phenoxy) is 2. The molecule has 27 atom stereocenters. The zero-order valence-electron chi connectivity index (χ0n) is 51.9. The fourth-order valence-corrected chi connectivity index (χ4v) is 27.6. The van der Waals surface area contributed by atoms with Gasteiger partial charge in [0.15, 0.2) is 0 Å². The van der Waals surface area contributed by atoms with Crippen LogP contribution >= 0.6 is 0 Å². The van der Waals surface area contributed by atoms with Crippen LogP contribution in [-0.2, 0) is 44.9 Å². The molecule has 1 saturated heterocycles. The number of nitrogens with one attached hydrogen (secondary N) is 1. The Bertz CT molecular complexity index is 3610. The monoisotopic (exact) mass is 1200 g/mol. The van der Waals surface area contributed by atoms with E-state index in [0.717, 1.165) is 68.1 Å². The number of carbonyl (C=O) groups excluding carboxylic acids is 2. The highest BCUT2D eigenvalue weighted by atomic mass is 16.5. The van der Waals surface area contributed by atoms with E-state index < -0.39 is 80.1 Å². The van der Waals surface area contributed by atoms with Gasteiger partial charge in [-0.2, -0.15) is 0 Å². The van der Waals surface area contributed by atoms with E-state index in [4.69, 9.17) is 9.47 Å². The van der Waals surface area contributed by atoms with Crippen LogP contribution in [0.15, 0.2) is 96.6 Å². The number of fused-ring (bicyclic) bond motifs is 10. The molecule has 10 nitrogen and oxygen atoms in total. The zero-order valence-corrected chi connectivity index (χ0v) is 51.9. The maximum absolute atomic E-state index is 16.4. The van der Waals surface area contributed by atoms with Gasteiger partial charge in [0.05, 0.1) is 42.0 Å². The van der Waals surface area contributed by atoms with E-state index >= 15 is 20.1 Å². The fourth-order valence-electron chi connectivity index (χ4n) is 27.6. The van der Waals surface area contributed by atoms with Crippen LogP contribution in [0.1, 0.15) is 155 Å². The van der Waals surface area contributed by atoms with Crippen molar-refractivity contribution in [1.29, 1.82) is 0 Å². The standard InChI is InChI=1S/C79H91NO9/c1-80-68-36-61-49(16-8-19-53(61)41-81)15-5-6-26-74-38-52-18-10-21-60-59(48-13-3-2-4-14-48)24-25-65-63(60)33-54-32-57-30-46-12-7-11-45(27-46)28-47-22-23-51(29-47)58-20-9-17-50-31-67-72(88-57)75(54,65)42-73(43-82)71(52)77(85,39-56(35-62(50)58)79(67,73)87)78(74,86)40-55-34-64(68)70-66(37-69(84)89-70)76(55,74)44-83/h2-4,7-9,11-14,16-17,19,27,37,43,47,50-52,54-60,62-65,67-68,70-72,80-81,83,85-87H,6,20-26,28-36,38-42,44H2,1H3/t47-,50+,51+,52+,54-,55-,56-,57-,58+,59+,60-,62+,63-,64-,65+,67-,68+,70-,71+,72+,73-,74+,75-,76+,77-,78+,79-/m0/s1. The average molecular weight is 1200 g/mol. The van der Waals surface area contributed by atoms with Gasteiger partial charge < -0.3 is 45.1 Å². The number of likely N-dealkylation sites (N-methyl/N-ethyl adjacent to an activating group) is 1. The van der Waals surface area contributed by atoms with E-state index in [1.807, 2.05) is 25.2 Å². The molecule has 10 heteroatoms. The molecule has 89 heavy (non-hydrogen) atoms. The van der Waals surface area contributed by atoms with E-state index in [9.17, 15) is 15.0 Å². The molecule has 19 bridgehead atoms. The number of aliphatic hydroxyl groups excluding tert-OH is 2. The van der Waals surface area contributed by atoms with E-state index in [0.29, 0.717) is 67.8 Å². The molecule has 0 amide bonds. The highest BCUT2D eigenvalue weighted by Gasteiger charge is 2.89. The molecule has 16 aliphatic rings. The van der Waals surface area contributed by atoms with Gasteiger partial charge >= 0.3 is 5.97 Å². The lowest BCUT2D eigenvalue weighted by Gasteiger charge is -2.76. The van der Waals surface area contributed by atoms with Crippen LogP contribution in [0.5, 0.6) is 0 Å². The highest BCUT2D eigenvalue weighted by molar-refractivity contribution is 5.87. The van der Waals surface area contributed by atoms with Crippen LogP contribution in [0.25, 0.3) is 0 Å². The van der Waals surface area contributed by atoms with Crippen molar-refractivity contribution < 1.29 is 44.6 Å². The Morgan fingerprint density at radius 2 is 1.61 bits per heavy atom. The van der Waals surface area contributed by atoms with Crippen LogP contribution in [0.3, 0.4) is 0 Å². The van der Waals surface area contributed by atoms with E-state index in [1.165, 1.54) is 42.2 Å². The minimum absolute atomic E-state index is 0.0711. The number of hydrogen-bond acceptors (Lipinski definition) is 10. The number of carbonyl (C=O) groups is 2.